The summed E-state index contributed by atoms with van der Waals surface area (Å²) < 4.78 is 43.1. The van der Waals surface area contributed by atoms with Gasteiger partial charge >= 0.3 is 0 Å². The van der Waals surface area contributed by atoms with E-state index in [1.807, 2.05) is 25.1 Å². The number of hydrogen-bond donors (Lipinski definition) is 0. The van der Waals surface area contributed by atoms with Gasteiger partial charge in [-0.1, -0.05) is 13.3 Å². The van der Waals surface area contributed by atoms with Crippen LogP contribution in [0.15, 0.2) is 22.6 Å². The van der Waals surface area contributed by atoms with Crippen molar-refractivity contribution in [2.45, 2.75) is 38.5 Å². The molecule has 1 atom stereocenters. The second-order valence-corrected chi connectivity index (χ2v) is 8.97. The third-order valence-corrected chi connectivity index (χ3v) is 6.87. The fourth-order valence-electron chi connectivity index (χ4n) is 3.40. The van der Waals surface area contributed by atoms with Crippen molar-refractivity contribution in [3.05, 3.63) is 24.1 Å². The van der Waals surface area contributed by atoms with E-state index in [1.165, 1.54) is 0 Å². The zero-order valence-corrected chi connectivity index (χ0v) is 16.1. The molecule has 146 valence electrons. The molecule has 1 saturated heterocycles. The van der Waals surface area contributed by atoms with Gasteiger partial charge in [-0.15, -0.1) is 10.2 Å². The van der Waals surface area contributed by atoms with Gasteiger partial charge in [0, 0.05) is 18.7 Å². The number of hydrogen-bond acceptors (Lipinski definition) is 7. The highest BCUT2D eigenvalue weighted by Gasteiger charge is 2.32. The van der Waals surface area contributed by atoms with E-state index in [0.717, 1.165) is 24.8 Å². The summed E-state index contributed by atoms with van der Waals surface area (Å²) in [7, 11) is -3.23. The first-order valence-electron chi connectivity index (χ1n) is 9.28. The number of fused-ring (bicyclic) bond motifs is 1. The van der Waals surface area contributed by atoms with Crippen LogP contribution in [0.4, 0.5) is 0 Å². The molecule has 1 aromatic heterocycles. The monoisotopic (exact) mass is 393 g/mol. The van der Waals surface area contributed by atoms with Gasteiger partial charge in [0.25, 0.3) is 0 Å². The van der Waals surface area contributed by atoms with E-state index in [2.05, 4.69) is 10.2 Å². The maximum atomic E-state index is 12.5. The molecule has 1 fully saturated rings. The van der Waals surface area contributed by atoms with Gasteiger partial charge in [0.15, 0.2) is 11.5 Å². The van der Waals surface area contributed by atoms with Crippen LogP contribution in [0.2, 0.25) is 0 Å². The first-order chi connectivity index (χ1) is 13.1. The lowest BCUT2D eigenvalue weighted by Gasteiger charge is -2.30. The van der Waals surface area contributed by atoms with Crippen LogP contribution in [0.5, 0.6) is 11.5 Å². The van der Waals surface area contributed by atoms with E-state index in [1.54, 1.807) is 4.31 Å². The largest absolute Gasteiger partial charge is 0.454 e. The van der Waals surface area contributed by atoms with Crippen LogP contribution >= 0.6 is 0 Å². The van der Waals surface area contributed by atoms with E-state index in [4.69, 9.17) is 13.9 Å². The molecule has 0 radical (unpaired) electrons. The van der Waals surface area contributed by atoms with Crippen LogP contribution < -0.4 is 9.47 Å². The number of ether oxygens (including phenoxy) is 2. The molecule has 0 amide bonds. The van der Waals surface area contributed by atoms with Gasteiger partial charge in [0.05, 0.1) is 11.7 Å². The number of sulfonamides is 1. The Morgan fingerprint density at radius 2 is 2.07 bits per heavy atom. The maximum Gasteiger partial charge on any atom is 0.247 e. The molecular formula is C18H23N3O5S. The maximum absolute atomic E-state index is 12.5. The van der Waals surface area contributed by atoms with Gasteiger partial charge in [-0.05, 0) is 37.5 Å². The Bertz CT molecular complexity index is 911. The van der Waals surface area contributed by atoms with Crippen LogP contribution in [-0.2, 0) is 10.0 Å². The van der Waals surface area contributed by atoms with E-state index in [9.17, 15) is 8.42 Å². The van der Waals surface area contributed by atoms with Crippen molar-refractivity contribution in [1.29, 1.82) is 0 Å². The molecule has 0 aliphatic carbocycles. The second-order valence-electron chi connectivity index (χ2n) is 6.88. The number of benzene rings is 1. The van der Waals surface area contributed by atoms with Gasteiger partial charge in [-0.25, -0.2) is 12.7 Å². The van der Waals surface area contributed by atoms with Crippen molar-refractivity contribution in [1.82, 2.24) is 14.5 Å². The standard InChI is InChI=1S/C18H23N3O5S/c1-2-3-9-27(22,23)21-8-4-5-14(11-21)18-20-19-17(26-18)13-6-7-15-16(10-13)25-12-24-15/h6-7,10,14H,2-5,8-9,11-12H2,1H3/t14-/m1/s1. The summed E-state index contributed by atoms with van der Waals surface area (Å²) in [6, 6.07) is 5.46. The third kappa shape index (κ3) is 3.79. The van der Waals surface area contributed by atoms with Crippen molar-refractivity contribution in [2.24, 2.45) is 0 Å². The molecule has 0 saturated carbocycles. The lowest BCUT2D eigenvalue weighted by molar-refractivity contribution is 0.174. The Morgan fingerprint density at radius 1 is 1.22 bits per heavy atom. The average Bonchev–Trinajstić information content (AvgIpc) is 3.35. The molecule has 0 unspecified atom stereocenters. The van der Waals surface area contributed by atoms with E-state index in [-0.39, 0.29) is 18.5 Å². The molecule has 2 aliphatic rings. The Morgan fingerprint density at radius 3 is 2.93 bits per heavy atom. The summed E-state index contributed by atoms with van der Waals surface area (Å²) in [6.45, 7) is 3.16. The van der Waals surface area contributed by atoms with Gasteiger partial charge in [0.2, 0.25) is 28.6 Å². The molecule has 3 heterocycles. The molecule has 0 bridgehead atoms. The third-order valence-electron chi connectivity index (χ3n) is 4.94. The highest BCUT2D eigenvalue weighted by atomic mass is 32.2. The zero-order valence-electron chi connectivity index (χ0n) is 15.3. The Balaban J connectivity index is 1.49. The van der Waals surface area contributed by atoms with Crippen LogP contribution in [-0.4, -0.2) is 48.6 Å². The number of rotatable bonds is 6. The van der Waals surface area contributed by atoms with Crippen molar-refractivity contribution >= 4 is 10.0 Å². The van der Waals surface area contributed by atoms with Crippen molar-refractivity contribution in [2.75, 3.05) is 25.6 Å². The number of unbranched alkanes of at least 4 members (excludes halogenated alkanes) is 1. The zero-order chi connectivity index (χ0) is 18.9. The first kappa shape index (κ1) is 18.2. The van der Waals surface area contributed by atoms with Gasteiger partial charge in [-0.3, -0.25) is 0 Å². The summed E-state index contributed by atoms with van der Waals surface area (Å²) in [4.78, 5) is 0. The Labute approximate surface area is 158 Å². The lowest BCUT2D eigenvalue weighted by Crippen LogP contribution is -2.40. The van der Waals surface area contributed by atoms with Crippen LogP contribution in [0.3, 0.4) is 0 Å². The molecule has 1 aromatic carbocycles. The second kappa shape index (κ2) is 7.47. The Hall–Kier alpha value is -2.13. The molecule has 0 N–H and O–H groups in total. The first-order valence-corrected chi connectivity index (χ1v) is 10.9. The van der Waals surface area contributed by atoms with Crippen LogP contribution in [0.25, 0.3) is 11.5 Å². The number of piperidine rings is 1. The number of aromatic nitrogens is 2. The fourth-order valence-corrected chi connectivity index (χ4v) is 5.12. The SMILES string of the molecule is CCCCS(=O)(=O)N1CCC[C@@H](c2nnc(-c3ccc4c(c3)OCO4)o2)C1. The van der Waals surface area contributed by atoms with Crippen LogP contribution in [0, 0.1) is 0 Å². The molecule has 27 heavy (non-hydrogen) atoms. The summed E-state index contributed by atoms with van der Waals surface area (Å²) >= 11 is 0. The summed E-state index contributed by atoms with van der Waals surface area (Å²) in [5.74, 6) is 2.34. The van der Waals surface area contributed by atoms with Crippen molar-refractivity contribution < 1.29 is 22.3 Å². The fraction of sp³-hybridized carbons (Fsp3) is 0.556. The van der Waals surface area contributed by atoms with Crippen molar-refractivity contribution in [3.8, 4) is 23.0 Å². The van der Waals surface area contributed by atoms with E-state index >= 15 is 0 Å². The molecule has 8 nitrogen and oxygen atoms in total. The minimum Gasteiger partial charge on any atom is -0.454 e. The number of nitrogens with zero attached hydrogens (tertiary/aromatic N) is 3. The summed E-state index contributed by atoms with van der Waals surface area (Å²) in [5, 5.41) is 8.32. The topological polar surface area (TPSA) is 94.8 Å². The molecule has 2 aliphatic heterocycles. The minimum atomic E-state index is -3.23. The summed E-state index contributed by atoms with van der Waals surface area (Å²) in [6.07, 6.45) is 3.16. The van der Waals surface area contributed by atoms with E-state index < -0.39 is 10.0 Å². The highest BCUT2D eigenvalue weighted by molar-refractivity contribution is 7.89. The molecular weight excluding hydrogens is 370 g/mol. The molecule has 2 aromatic rings. The van der Waals surface area contributed by atoms with Crippen molar-refractivity contribution in [3.63, 3.8) is 0 Å². The van der Waals surface area contributed by atoms with Gasteiger partial charge in [0.1, 0.15) is 0 Å². The Kier molecular flexibility index (Phi) is 5.05. The average molecular weight is 393 g/mol. The lowest BCUT2D eigenvalue weighted by atomic mass is 10.00. The quantitative estimate of drug-likeness (QED) is 0.745. The predicted molar refractivity (Wildman–Crippen MR) is 98.1 cm³/mol. The molecule has 0 spiro atoms. The molecule has 4 rings (SSSR count). The van der Waals surface area contributed by atoms with Gasteiger partial charge < -0.3 is 13.9 Å². The molecule has 9 heteroatoms. The van der Waals surface area contributed by atoms with E-state index in [0.29, 0.717) is 42.8 Å². The smallest absolute Gasteiger partial charge is 0.247 e. The predicted octanol–water partition coefficient (Wildman–Crippen LogP) is 2.77. The normalized spacial score (nSPS) is 20.1. The minimum absolute atomic E-state index is 0.0783. The highest BCUT2D eigenvalue weighted by Crippen LogP contribution is 2.36. The van der Waals surface area contributed by atoms with Gasteiger partial charge in [-0.2, -0.15) is 0 Å². The van der Waals surface area contributed by atoms with Crippen LogP contribution in [0.1, 0.15) is 44.4 Å². The summed E-state index contributed by atoms with van der Waals surface area (Å²) in [5.41, 5.74) is 0.751.